The average Bonchev–Trinajstić information content (AvgIpc) is 2.36. The molecule has 4 N–H and O–H groups in total. The van der Waals surface area contributed by atoms with E-state index < -0.39 is 5.97 Å². The number of carboxylic acid groups (broad SMARTS) is 1. The van der Waals surface area contributed by atoms with Crippen molar-refractivity contribution >= 4 is 23.3 Å². The first-order valence-electron chi connectivity index (χ1n) is 6.73. The van der Waals surface area contributed by atoms with E-state index >= 15 is 0 Å². The van der Waals surface area contributed by atoms with Crippen LogP contribution in [0.4, 0.5) is 0 Å². The van der Waals surface area contributed by atoms with Gasteiger partial charge in [0, 0.05) is 5.54 Å². The molecule has 0 aliphatic rings. The minimum absolute atomic E-state index is 0.0940. The predicted octanol–water partition coefficient (Wildman–Crippen LogP) is 1.55. The summed E-state index contributed by atoms with van der Waals surface area (Å²) in [5.74, 6) is -0.963. The van der Waals surface area contributed by atoms with E-state index in [2.05, 4.69) is 10.6 Å². The summed E-state index contributed by atoms with van der Waals surface area (Å²) in [4.78, 5) is 10.9. The molecule has 0 fully saturated rings. The summed E-state index contributed by atoms with van der Waals surface area (Å²) in [7, 11) is 0. The third-order valence-electron chi connectivity index (χ3n) is 2.70. The van der Waals surface area contributed by atoms with E-state index in [1.54, 1.807) is 18.2 Å². The molecule has 0 amide bonds. The highest BCUT2D eigenvalue weighted by Gasteiger charge is 2.15. The first kappa shape index (κ1) is 17.4. The lowest BCUT2D eigenvalue weighted by Gasteiger charge is -2.26. The Morgan fingerprint density at radius 2 is 2.05 bits per heavy atom. The predicted molar refractivity (Wildman–Crippen MR) is 86.6 cm³/mol. The minimum Gasteiger partial charge on any atom is -0.478 e. The highest BCUT2D eigenvalue weighted by atomic mass is 32.1. The molecule has 0 aliphatic carbocycles. The molecule has 1 rings (SSSR count). The van der Waals surface area contributed by atoms with Crippen LogP contribution in [0.2, 0.25) is 0 Å². The summed E-state index contributed by atoms with van der Waals surface area (Å²) in [5, 5.41) is 25.1. The third-order valence-corrected chi connectivity index (χ3v) is 2.92. The van der Waals surface area contributed by atoms with Gasteiger partial charge >= 0.3 is 5.97 Å². The lowest BCUT2D eigenvalue weighted by atomic mass is 10.0. The van der Waals surface area contributed by atoms with Crippen LogP contribution < -0.4 is 10.6 Å². The van der Waals surface area contributed by atoms with Crippen LogP contribution in [0.15, 0.2) is 24.3 Å². The number of benzene rings is 1. The zero-order chi connectivity index (χ0) is 16.0. The van der Waals surface area contributed by atoms with Crippen molar-refractivity contribution in [2.45, 2.75) is 38.8 Å². The highest BCUT2D eigenvalue weighted by molar-refractivity contribution is 7.80. The number of aliphatic hydroxyl groups excluding tert-OH is 1. The summed E-state index contributed by atoms with van der Waals surface area (Å²) in [5.41, 5.74) is 0.910. The molecule has 6 heteroatoms. The molecule has 1 aromatic rings. The van der Waals surface area contributed by atoms with Gasteiger partial charge in [0.1, 0.15) is 0 Å². The minimum atomic E-state index is -0.963. The molecule has 5 nitrogen and oxygen atoms in total. The standard InChI is InChI=1S/C15H22N2O3S/c1-15(2,3)17-14(21)16-12(9-18)8-10-5-4-6-11(7-10)13(19)20/h4-7,12,18H,8-9H2,1-3H3,(H,19,20)(H2,16,17,21). The number of nitrogens with one attached hydrogen (secondary N) is 2. The molecule has 0 radical (unpaired) electrons. The van der Waals surface area contributed by atoms with Gasteiger partial charge in [-0.1, -0.05) is 12.1 Å². The van der Waals surface area contributed by atoms with Crippen LogP contribution in [0.25, 0.3) is 0 Å². The molecule has 0 saturated heterocycles. The molecule has 116 valence electrons. The number of carboxylic acids is 1. The van der Waals surface area contributed by atoms with E-state index in [-0.39, 0.29) is 23.8 Å². The summed E-state index contributed by atoms with van der Waals surface area (Å²) >= 11 is 5.20. The van der Waals surface area contributed by atoms with Crippen molar-refractivity contribution in [2.75, 3.05) is 6.61 Å². The summed E-state index contributed by atoms with van der Waals surface area (Å²) in [6, 6.07) is 6.40. The molecular formula is C15H22N2O3S. The summed E-state index contributed by atoms with van der Waals surface area (Å²) < 4.78 is 0. The molecule has 21 heavy (non-hydrogen) atoms. The molecule has 0 spiro atoms. The van der Waals surface area contributed by atoms with Crippen molar-refractivity contribution < 1.29 is 15.0 Å². The van der Waals surface area contributed by atoms with Crippen LogP contribution in [-0.4, -0.2) is 39.5 Å². The smallest absolute Gasteiger partial charge is 0.335 e. The van der Waals surface area contributed by atoms with Crippen LogP contribution in [0.1, 0.15) is 36.7 Å². The Morgan fingerprint density at radius 3 is 2.57 bits per heavy atom. The van der Waals surface area contributed by atoms with Crippen molar-refractivity contribution in [3.63, 3.8) is 0 Å². The van der Waals surface area contributed by atoms with Gasteiger partial charge in [-0.15, -0.1) is 0 Å². The number of carbonyl (C=O) groups is 1. The Balaban J connectivity index is 2.68. The second kappa shape index (κ2) is 7.38. The van der Waals surface area contributed by atoms with E-state index in [1.165, 1.54) is 0 Å². The first-order chi connectivity index (χ1) is 9.71. The van der Waals surface area contributed by atoms with Crippen molar-refractivity contribution in [1.82, 2.24) is 10.6 Å². The zero-order valence-electron chi connectivity index (χ0n) is 12.5. The van der Waals surface area contributed by atoms with E-state index in [1.807, 2.05) is 26.8 Å². The Hall–Kier alpha value is -1.66. The van der Waals surface area contributed by atoms with Crippen LogP contribution in [0.3, 0.4) is 0 Å². The largest absolute Gasteiger partial charge is 0.478 e. The van der Waals surface area contributed by atoms with Gasteiger partial charge in [-0.25, -0.2) is 4.79 Å². The van der Waals surface area contributed by atoms with Crippen molar-refractivity contribution in [1.29, 1.82) is 0 Å². The van der Waals surface area contributed by atoms with Gasteiger partial charge in [0.25, 0.3) is 0 Å². The molecular weight excluding hydrogens is 288 g/mol. The van der Waals surface area contributed by atoms with E-state index in [0.29, 0.717) is 11.5 Å². The van der Waals surface area contributed by atoms with Gasteiger partial charge in [-0.2, -0.15) is 0 Å². The molecule has 0 aromatic heterocycles. The lowest BCUT2D eigenvalue weighted by Crippen LogP contribution is -2.50. The Bertz CT molecular complexity index is 512. The zero-order valence-corrected chi connectivity index (χ0v) is 13.3. The first-order valence-corrected chi connectivity index (χ1v) is 7.14. The molecule has 1 unspecified atom stereocenters. The fourth-order valence-electron chi connectivity index (χ4n) is 1.84. The maximum atomic E-state index is 10.9. The summed E-state index contributed by atoms with van der Waals surface area (Å²) in [6.07, 6.45) is 0.490. The third kappa shape index (κ3) is 6.55. The molecule has 0 aliphatic heterocycles. The molecule has 1 aromatic carbocycles. The van der Waals surface area contributed by atoms with Gasteiger partial charge in [-0.05, 0) is 57.1 Å². The molecule has 0 heterocycles. The maximum Gasteiger partial charge on any atom is 0.335 e. The Kier molecular flexibility index (Phi) is 6.11. The second-order valence-electron chi connectivity index (χ2n) is 5.94. The monoisotopic (exact) mass is 310 g/mol. The van der Waals surface area contributed by atoms with E-state index in [9.17, 15) is 9.90 Å². The quantitative estimate of drug-likeness (QED) is 0.618. The van der Waals surface area contributed by atoms with Crippen molar-refractivity contribution in [2.24, 2.45) is 0 Å². The summed E-state index contributed by atoms with van der Waals surface area (Å²) in [6.45, 7) is 5.88. The number of aliphatic hydroxyl groups is 1. The lowest BCUT2D eigenvalue weighted by molar-refractivity contribution is 0.0696. The number of hydrogen-bond donors (Lipinski definition) is 4. The fraction of sp³-hybridized carbons (Fsp3) is 0.467. The number of rotatable bonds is 5. The van der Waals surface area contributed by atoms with E-state index in [4.69, 9.17) is 17.3 Å². The Morgan fingerprint density at radius 1 is 1.38 bits per heavy atom. The topological polar surface area (TPSA) is 81.6 Å². The van der Waals surface area contributed by atoms with Crippen LogP contribution in [0, 0.1) is 0 Å². The number of thiocarbonyl (C=S) groups is 1. The number of aromatic carboxylic acids is 1. The maximum absolute atomic E-state index is 10.9. The highest BCUT2D eigenvalue weighted by Crippen LogP contribution is 2.08. The van der Waals surface area contributed by atoms with Gasteiger partial charge in [0.15, 0.2) is 5.11 Å². The second-order valence-corrected chi connectivity index (χ2v) is 6.35. The fourth-order valence-corrected chi connectivity index (χ4v) is 2.31. The normalized spacial score (nSPS) is 12.6. The number of hydrogen-bond acceptors (Lipinski definition) is 3. The van der Waals surface area contributed by atoms with E-state index in [0.717, 1.165) is 5.56 Å². The van der Waals surface area contributed by atoms with Gasteiger partial charge in [0.2, 0.25) is 0 Å². The van der Waals surface area contributed by atoms with Crippen molar-refractivity contribution in [3.8, 4) is 0 Å². The Labute approximate surface area is 130 Å². The molecule has 1 atom stereocenters. The SMILES string of the molecule is CC(C)(C)NC(=S)NC(CO)Cc1cccc(C(=O)O)c1. The van der Waals surface area contributed by atoms with Crippen LogP contribution >= 0.6 is 12.2 Å². The van der Waals surface area contributed by atoms with Gasteiger partial charge < -0.3 is 20.8 Å². The van der Waals surface area contributed by atoms with Gasteiger partial charge in [0.05, 0.1) is 18.2 Å². The van der Waals surface area contributed by atoms with Crippen LogP contribution in [0.5, 0.6) is 0 Å². The average molecular weight is 310 g/mol. The molecule has 0 bridgehead atoms. The van der Waals surface area contributed by atoms with Crippen LogP contribution in [-0.2, 0) is 6.42 Å². The van der Waals surface area contributed by atoms with Gasteiger partial charge in [-0.3, -0.25) is 0 Å². The molecule has 0 saturated carbocycles. The van der Waals surface area contributed by atoms with Crippen molar-refractivity contribution in [3.05, 3.63) is 35.4 Å².